The summed E-state index contributed by atoms with van der Waals surface area (Å²) < 4.78 is 0. The van der Waals surface area contributed by atoms with Crippen molar-refractivity contribution in [2.45, 2.75) is 142 Å². The molecule has 0 radical (unpaired) electrons. The summed E-state index contributed by atoms with van der Waals surface area (Å²) in [5.41, 5.74) is 0.734. The fraction of sp³-hybridized carbons (Fsp3) is 0.727. The largest absolute Gasteiger partial charge is 0.339 e. The number of unbranched alkanes of at least 4 members (excludes halogenated alkanes) is 18. The first kappa shape index (κ1) is 33.9. The number of nitrogens with zero attached hydrogens (tertiary/aromatic N) is 2. The molecule has 216 valence electrons. The first-order valence-electron chi connectivity index (χ1n) is 15.8. The number of benzene rings is 1. The predicted molar refractivity (Wildman–Crippen MR) is 162 cm³/mol. The lowest BCUT2D eigenvalue weighted by atomic mass is 10.1. The molecule has 1 amide bonds. The molecule has 1 aromatic rings. The minimum Gasteiger partial charge on any atom is -0.339 e. The van der Waals surface area contributed by atoms with E-state index in [1.807, 2.05) is 4.90 Å². The van der Waals surface area contributed by atoms with Gasteiger partial charge in [-0.3, -0.25) is 14.9 Å². The van der Waals surface area contributed by atoms with Gasteiger partial charge in [-0.05, 0) is 24.5 Å². The molecule has 1 aromatic carbocycles. The minimum atomic E-state index is -0.401. The van der Waals surface area contributed by atoms with Crippen molar-refractivity contribution < 1.29 is 9.72 Å². The summed E-state index contributed by atoms with van der Waals surface area (Å²) in [5, 5.41) is 11.0. The molecule has 5 nitrogen and oxygen atoms in total. The Kier molecular flexibility index (Phi) is 21.3. The van der Waals surface area contributed by atoms with Gasteiger partial charge in [0.05, 0.1) is 4.92 Å². The van der Waals surface area contributed by atoms with Crippen LogP contribution in [0.15, 0.2) is 30.3 Å². The molecule has 0 unspecified atom stereocenters. The van der Waals surface area contributed by atoms with Gasteiger partial charge in [0.25, 0.3) is 5.69 Å². The molecule has 0 aromatic heterocycles. The summed E-state index contributed by atoms with van der Waals surface area (Å²) in [6, 6.07) is 6.44. The minimum absolute atomic E-state index is 0.0170. The zero-order chi connectivity index (χ0) is 27.7. The van der Waals surface area contributed by atoms with Crippen molar-refractivity contribution in [3.63, 3.8) is 0 Å². The maximum atomic E-state index is 13.0. The van der Waals surface area contributed by atoms with E-state index in [0.717, 1.165) is 25.9 Å². The van der Waals surface area contributed by atoms with E-state index in [-0.39, 0.29) is 11.6 Å². The quantitative estimate of drug-likeness (QED) is 0.0548. The highest BCUT2D eigenvalue weighted by Crippen LogP contribution is 2.16. The standard InChI is InChI=1S/C33H56N2O3/c1-3-5-7-9-11-13-15-17-19-21-28-34(29-22-20-18-16-14-12-10-8-6-4-2)33(36)27-26-31-24-23-25-32(30-31)35(37)38/h23-27,30H,3-22,28-29H2,1-2H3. The van der Waals surface area contributed by atoms with E-state index in [4.69, 9.17) is 0 Å². The van der Waals surface area contributed by atoms with E-state index in [1.54, 1.807) is 24.3 Å². The maximum Gasteiger partial charge on any atom is 0.270 e. The van der Waals surface area contributed by atoms with Crippen LogP contribution >= 0.6 is 0 Å². The van der Waals surface area contributed by atoms with Gasteiger partial charge in [0.1, 0.15) is 0 Å². The maximum absolute atomic E-state index is 13.0. The third-order valence-electron chi connectivity index (χ3n) is 7.37. The van der Waals surface area contributed by atoms with Crippen LogP contribution in [0.3, 0.4) is 0 Å². The second-order valence-corrected chi connectivity index (χ2v) is 10.9. The smallest absolute Gasteiger partial charge is 0.270 e. The number of hydrogen-bond donors (Lipinski definition) is 0. The van der Waals surface area contributed by atoms with Crippen LogP contribution in [0.4, 0.5) is 5.69 Å². The van der Waals surface area contributed by atoms with Crippen LogP contribution in [0, 0.1) is 10.1 Å². The molecule has 1 rings (SSSR count). The van der Waals surface area contributed by atoms with E-state index < -0.39 is 4.92 Å². The first-order chi connectivity index (χ1) is 18.6. The second-order valence-electron chi connectivity index (χ2n) is 10.9. The van der Waals surface area contributed by atoms with Crippen LogP contribution in [0.1, 0.15) is 148 Å². The van der Waals surface area contributed by atoms with E-state index in [9.17, 15) is 14.9 Å². The van der Waals surface area contributed by atoms with Crippen molar-refractivity contribution in [3.8, 4) is 0 Å². The lowest BCUT2D eigenvalue weighted by Gasteiger charge is -2.21. The highest BCUT2D eigenvalue weighted by atomic mass is 16.6. The lowest BCUT2D eigenvalue weighted by Crippen LogP contribution is -2.31. The fourth-order valence-electron chi connectivity index (χ4n) is 4.93. The first-order valence-corrected chi connectivity index (χ1v) is 15.8. The zero-order valence-corrected chi connectivity index (χ0v) is 24.6. The number of nitro groups is 1. The molecule has 0 fully saturated rings. The molecule has 5 heteroatoms. The molecule has 0 heterocycles. The summed E-state index contributed by atoms with van der Waals surface area (Å²) in [6.45, 7) is 6.11. The van der Waals surface area contributed by atoms with E-state index in [2.05, 4.69) is 13.8 Å². The molecule has 0 saturated heterocycles. The number of carbonyl (C=O) groups excluding carboxylic acids is 1. The van der Waals surface area contributed by atoms with Crippen molar-refractivity contribution in [2.24, 2.45) is 0 Å². The van der Waals surface area contributed by atoms with Crippen molar-refractivity contribution in [1.29, 1.82) is 0 Å². The van der Waals surface area contributed by atoms with Gasteiger partial charge >= 0.3 is 0 Å². The highest BCUT2D eigenvalue weighted by molar-refractivity contribution is 5.91. The van der Waals surface area contributed by atoms with Gasteiger partial charge in [0, 0.05) is 31.3 Å². The van der Waals surface area contributed by atoms with Gasteiger partial charge in [0.15, 0.2) is 0 Å². The van der Waals surface area contributed by atoms with Crippen LogP contribution in [0.2, 0.25) is 0 Å². The molecular formula is C33H56N2O3. The number of carbonyl (C=O) groups is 1. The van der Waals surface area contributed by atoms with Crippen LogP contribution in [0.25, 0.3) is 6.08 Å². The zero-order valence-electron chi connectivity index (χ0n) is 24.6. The molecule has 0 aliphatic rings. The third-order valence-corrected chi connectivity index (χ3v) is 7.37. The Bertz CT molecular complexity index is 738. The Labute approximate surface area is 233 Å². The van der Waals surface area contributed by atoms with E-state index in [1.165, 1.54) is 128 Å². The van der Waals surface area contributed by atoms with Crippen LogP contribution in [-0.2, 0) is 4.79 Å². The van der Waals surface area contributed by atoms with Crippen LogP contribution in [0.5, 0.6) is 0 Å². The molecule has 0 aliphatic carbocycles. The lowest BCUT2D eigenvalue weighted by molar-refractivity contribution is -0.384. The summed E-state index contributed by atoms with van der Waals surface area (Å²) in [6.07, 6.45) is 29.0. The number of hydrogen-bond acceptors (Lipinski definition) is 3. The summed E-state index contributed by atoms with van der Waals surface area (Å²) >= 11 is 0. The highest BCUT2D eigenvalue weighted by Gasteiger charge is 2.11. The van der Waals surface area contributed by atoms with Crippen molar-refractivity contribution in [1.82, 2.24) is 4.90 Å². The van der Waals surface area contributed by atoms with Gasteiger partial charge in [-0.2, -0.15) is 0 Å². The van der Waals surface area contributed by atoms with Crippen molar-refractivity contribution in [2.75, 3.05) is 13.1 Å². The molecular weight excluding hydrogens is 472 g/mol. The molecule has 0 bridgehead atoms. The molecule has 0 aliphatic heterocycles. The van der Waals surface area contributed by atoms with Crippen molar-refractivity contribution in [3.05, 3.63) is 46.0 Å². The van der Waals surface area contributed by atoms with Gasteiger partial charge in [-0.15, -0.1) is 0 Å². The molecule has 0 N–H and O–H groups in total. The van der Waals surface area contributed by atoms with E-state index in [0.29, 0.717) is 5.56 Å². The number of non-ortho nitro benzene ring substituents is 1. The average Bonchev–Trinajstić information content (AvgIpc) is 2.92. The summed E-state index contributed by atoms with van der Waals surface area (Å²) in [4.78, 5) is 25.7. The normalized spacial score (nSPS) is 11.3. The Hall–Kier alpha value is -2.17. The van der Waals surface area contributed by atoms with E-state index >= 15 is 0 Å². The van der Waals surface area contributed by atoms with Gasteiger partial charge in [0.2, 0.25) is 5.91 Å². The number of amides is 1. The van der Waals surface area contributed by atoms with Gasteiger partial charge < -0.3 is 4.90 Å². The monoisotopic (exact) mass is 528 g/mol. The molecule has 0 atom stereocenters. The molecule has 0 saturated carbocycles. The molecule has 38 heavy (non-hydrogen) atoms. The summed E-state index contributed by atoms with van der Waals surface area (Å²) in [7, 11) is 0. The predicted octanol–water partition coefficient (Wildman–Crippen LogP) is 10.3. The van der Waals surface area contributed by atoms with Gasteiger partial charge in [-0.1, -0.05) is 142 Å². The number of nitro benzene ring substituents is 1. The second kappa shape index (κ2) is 23.9. The van der Waals surface area contributed by atoms with Crippen LogP contribution in [-0.4, -0.2) is 28.8 Å². The fourth-order valence-corrected chi connectivity index (χ4v) is 4.93. The Morgan fingerprint density at radius 3 is 1.55 bits per heavy atom. The van der Waals surface area contributed by atoms with Crippen LogP contribution < -0.4 is 0 Å². The van der Waals surface area contributed by atoms with Crippen molar-refractivity contribution >= 4 is 17.7 Å². The topological polar surface area (TPSA) is 63.5 Å². The summed E-state index contributed by atoms with van der Waals surface area (Å²) in [5.74, 6) is 0.0170. The average molecular weight is 529 g/mol. The molecule has 0 spiro atoms. The Balaban J connectivity index is 2.42. The number of rotatable bonds is 25. The Morgan fingerprint density at radius 2 is 1.13 bits per heavy atom. The SMILES string of the molecule is CCCCCCCCCCCCN(CCCCCCCCCCCC)C(=O)C=Cc1cccc([N+](=O)[O-])c1. The third kappa shape index (κ3) is 18.1. The van der Waals surface area contributed by atoms with Gasteiger partial charge in [-0.25, -0.2) is 0 Å². The Morgan fingerprint density at radius 1 is 0.711 bits per heavy atom.